The quantitative estimate of drug-likeness (QED) is 0.412. The van der Waals surface area contributed by atoms with E-state index in [-0.39, 0.29) is 0 Å². The van der Waals surface area contributed by atoms with Crippen LogP contribution in [0.5, 0.6) is 0 Å². The van der Waals surface area contributed by atoms with Gasteiger partial charge in [-0.15, -0.1) is 13.2 Å². The van der Waals surface area contributed by atoms with Gasteiger partial charge in [0, 0.05) is 0 Å². The Morgan fingerprint density at radius 3 is 1.92 bits per heavy atom. The third-order valence-electron chi connectivity index (χ3n) is 1.13. The van der Waals surface area contributed by atoms with E-state index < -0.39 is 0 Å². The second kappa shape index (κ2) is 22.5. The fourth-order valence-electron chi connectivity index (χ4n) is 0.378. The third-order valence-corrected chi connectivity index (χ3v) is 1.13. The highest BCUT2D eigenvalue weighted by Gasteiger charge is 1.75. The van der Waals surface area contributed by atoms with Crippen molar-refractivity contribution >= 4 is 0 Å². The zero-order chi connectivity index (χ0) is 10.4. The smallest absolute Gasteiger partial charge is 0.0349 e. The topological polar surface area (TPSA) is 0 Å². The molecule has 0 saturated heterocycles. The van der Waals surface area contributed by atoms with Crippen LogP contribution in [0.15, 0.2) is 37.0 Å². The number of hydrogen-bond acceptors (Lipinski definition) is 0. The maximum absolute atomic E-state index is 3.00. The fourth-order valence-corrected chi connectivity index (χ4v) is 0.378. The molecular weight excluding hydrogens is 144 g/mol. The summed E-state index contributed by atoms with van der Waals surface area (Å²) in [4.78, 5) is 0. The van der Waals surface area contributed by atoms with Gasteiger partial charge in [-0.25, -0.2) is 0 Å². The van der Waals surface area contributed by atoms with E-state index in [0.29, 0.717) is 0 Å². The zero-order valence-corrected chi connectivity index (χ0v) is 9.35. The number of hydrogen-bond donors (Lipinski definition) is 0. The summed E-state index contributed by atoms with van der Waals surface area (Å²) in [6.45, 7) is 16.3. The minimum atomic E-state index is 1.16. The number of allylic oxidation sites excluding steroid dienone is 4. The molecule has 0 fully saturated rings. The van der Waals surface area contributed by atoms with Crippen LogP contribution in [0.2, 0.25) is 0 Å². The van der Waals surface area contributed by atoms with Crippen LogP contribution in [0, 0.1) is 0 Å². The van der Waals surface area contributed by atoms with Crippen LogP contribution in [-0.2, 0) is 0 Å². The summed E-state index contributed by atoms with van der Waals surface area (Å²) in [7, 11) is 0. The van der Waals surface area contributed by atoms with Crippen molar-refractivity contribution < 1.29 is 0 Å². The molecule has 0 rings (SSSR count). The molecule has 0 radical (unpaired) electrons. The van der Waals surface area contributed by atoms with Gasteiger partial charge in [0.2, 0.25) is 0 Å². The second-order valence-electron chi connectivity index (χ2n) is 1.89. The molecule has 0 atom stereocenters. The van der Waals surface area contributed by atoms with Gasteiger partial charge in [0.25, 0.3) is 0 Å². The van der Waals surface area contributed by atoms with Gasteiger partial charge >= 0.3 is 0 Å². The lowest BCUT2D eigenvalue weighted by Crippen LogP contribution is -1.66. The first-order chi connectivity index (χ1) is 5.81. The minimum Gasteiger partial charge on any atom is -0.106 e. The molecule has 0 heteroatoms. The third kappa shape index (κ3) is 22.9. The van der Waals surface area contributed by atoms with Crippen molar-refractivity contribution in [2.24, 2.45) is 0 Å². The van der Waals surface area contributed by atoms with E-state index in [1.807, 2.05) is 26.8 Å². The van der Waals surface area contributed by atoms with Crippen LogP contribution in [-0.4, -0.2) is 0 Å². The first-order valence-electron chi connectivity index (χ1n) is 4.59. The van der Waals surface area contributed by atoms with Crippen molar-refractivity contribution in [3.8, 4) is 0 Å². The Kier molecular flexibility index (Phi) is 32.5. The fraction of sp³-hybridized carbons (Fsp3) is 0.500. The summed E-state index contributed by atoms with van der Waals surface area (Å²) >= 11 is 0. The van der Waals surface area contributed by atoms with Gasteiger partial charge in [0.15, 0.2) is 0 Å². The lowest BCUT2D eigenvalue weighted by Gasteiger charge is -1.87. The molecule has 0 aliphatic carbocycles. The standard InChI is InChI=1S/C8H14.C2H6.C2H4/c1-4-6-7-8(3)5-2;2*1-2/h4,6-7H,5H2,1-3H3;1-2H3;1-2H2/b6-4-,8-7-;;. The van der Waals surface area contributed by atoms with E-state index in [9.17, 15) is 0 Å². The van der Waals surface area contributed by atoms with Gasteiger partial charge in [0.05, 0.1) is 0 Å². The molecule has 0 aromatic heterocycles. The van der Waals surface area contributed by atoms with Crippen molar-refractivity contribution in [1.29, 1.82) is 0 Å². The molecule has 0 unspecified atom stereocenters. The van der Waals surface area contributed by atoms with Crippen LogP contribution in [0.4, 0.5) is 0 Å². The summed E-state index contributed by atoms with van der Waals surface area (Å²) in [5.74, 6) is 0. The van der Waals surface area contributed by atoms with Gasteiger partial charge in [-0.3, -0.25) is 0 Å². The molecule has 0 aliphatic rings. The Hall–Kier alpha value is -0.780. The summed E-state index contributed by atoms with van der Waals surface area (Å²) < 4.78 is 0. The molecule has 0 aromatic rings. The Morgan fingerprint density at radius 1 is 1.25 bits per heavy atom. The number of rotatable bonds is 2. The molecule has 0 saturated carbocycles. The molecule has 0 N–H and O–H groups in total. The normalized spacial score (nSPS) is 9.58. The highest BCUT2D eigenvalue weighted by molar-refractivity contribution is 5.08. The van der Waals surface area contributed by atoms with E-state index in [2.05, 4.69) is 39.2 Å². The Balaban J connectivity index is -0.000000175. The monoisotopic (exact) mass is 168 g/mol. The van der Waals surface area contributed by atoms with Gasteiger partial charge in [-0.05, 0) is 20.3 Å². The molecule has 0 aliphatic heterocycles. The van der Waals surface area contributed by atoms with Gasteiger partial charge in [0.1, 0.15) is 0 Å². The van der Waals surface area contributed by atoms with Crippen LogP contribution < -0.4 is 0 Å². The maximum Gasteiger partial charge on any atom is -0.0349 e. The molecule has 0 aromatic carbocycles. The van der Waals surface area contributed by atoms with Crippen LogP contribution in [0.25, 0.3) is 0 Å². The Morgan fingerprint density at radius 2 is 1.67 bits per heavy atom. The average Bonchev–Trinajstić information content (AvgIpc) is 2.20. The lowest BCUT2D eigenvalue weighted by molar-refractivity contribution is 1.10. The van der Waals surface area contributed by atoms with Crippen LogP contribution in [0.1, 0.15) is 41.0 Å². The molecule has 72 valence electrons. The lowest BCUT2D eigenvalue weighted by atomic mass is 10.2. The van der Waals surface area contributed by atoms with Crippen molar-refractivity contribution in [1.82, 2.24) is 0 Å². The van der Waals surface area contributed by atoms with Gasteiger partial charge in [-0.1, -0.05) is 44.6 Å². The maximum atomic E-state index is 3.00. The van der Waals surface area contributed by atoms with Crippen molar-refractivity contribution in [2.45, 2.75) is 41.0 Å². The summed E-state index contributed by atoms with van der Waals surface area (Å²) in [6, 6.07) is 0. The SMILES string of the molecule is C/C=C\C=C(\C)CC.C=C.CC. The van der Waals surface area contributed by atoms with E-state index in [4.69, 9.17) is 0 Å². The first kappa shape index (κ1) is 17.3. The van der Waals surface area contributed by atoms with Gasteiger partial charge < -0.3 is 0 Å². The Bertz CT molecular complexity index is 107. The van der Waals surface area contributed by atoms with E-state index >= 15 is 0 Å². The highest BCUT2D eigenvalue weighted by atomic mass is 13.8. The zero-order valence-electron chi connectivity index (χ0n) is 9.35. The van der Waals surface area contributed by atoms with E-state index in [1.165, 1.54) is 5.57 Å². The predicted octanol–water partition coefficient (Wildman–Crippen LogP) is 4.75. The molecule has 0 bridgehead atoms. The Labute approximate surface area is 78.7 Å². The van der Waals surface area contributed by atoms with Gasteiger partial charge in [-0.2, -0.15) is 0 Å². The summed E-state index contributed by atoms with van der Waals surface area (Å²) in [5, 5.41) is 0. The van der Waals surface area contributed by atoms with E-state index in [1.54, 1.807) is 0 Å². The van der Waals surface area contributed by atoms with Crippen molar-refractivity contribution in [2.75, 3.05) is 0 Å². The summed E-state index contributed by atoms with van der Waals surface area (Å²) in [5.41, 5.74) is 1.43. The molecule has 0 nitrogen and oxygen atoms in total. The highest BCUT2D eigenvalue weighted by Crippen LogP contribution is 1.96. The predicted molar refractivity (Wildman–Crippen MR) is 61.5 cm³/mol. The summed E-state index contributed by atoms with van der Waals surface area (Å²) in [6.07, 6.45) is 7.41. The first-order valence-corrected chi connectivity index (χ1v) is 4.59. The van der Waals surface area contributed by atoms with E-state index in [0.717, 1.165) is 6.42 Å². The molecular formula is C12H24. The van der Waals surface area contributed by atoms with Crippen molar-refractivity contribution in [3.05, 3.63) is 37.0 Å². The molecule has 12 heavy (non-hydrogen) atoms. The van der Waals surface area contributed by atoms with Crippen molar-refractivity contribution in [3.63, 3.8) is 0 Å². The average molecular weight is 168 g/mol. The van der Waals surface area contributed by atoms with Crippen LogP contribution >= 0.6 is 0 Å². The molecule has 0 heterocycles. The molecule has 0 amide bonds. The minimum absolute atomic E-state index is 1.16. The van der Waals surface area contributed by atoms with Crippen LogP contribution in [0.3, 0.4) is 0 Å². The second-order valence-corrected chi connectivity index (χ2v) is 1.89. The molecule has 0 spiro atoms. The largest absolute Gasteiger partial charge is 0.106 e.